The van der Waals surface area contributed by atoms with E-state index in [4.69, 9.17) is 4.74 Å². The number of rotatable bonds is 7. The van der Waals surface area contributed by atoms with Gasteiger partial charge in [0.1, 0.15) is 12.4 Å². The van der Waals surface area contributed by atoms with E-state index in [9.17, 15) is 9.59 Å². The van der Waals surface area contributed by atoms with Crippen molar-refractivity contribution in [1.29, 1.82) is 0 Å². The Kier molecular flexibility index (Phi) is 6.27. The number of nitrogens with one attached hydrogen (secondary N) is 2. The van der Waals surface area contributed by atoms with Gasteiger partial charge in [0, 0.05) is 5.56 Å². The molecule has 0 heterocycles. The molecule has 2 N–H and O–H groups in total. The van der Waals surface area contributed by atoms with Crippen LogP contribution in [0.2, 0.25) is 0 Å². The van der Waals surface area contributed by atoms with Crippen molar-refractivity contribution in [3.05, 3.63) is 77.4 Å². The third kappa shape index (κ3) is 5.33. The van der Waals surface area contributed by atoms with E-state index in [1.54, 1.807) is 12.1 Å². The maximum absolute atomic E-state index is 12.2. The molecule has 0 aliphatic rings. The van der Waals surface area contributed by atoms with Crippen molar-refractivity contribution in [3.63, 3.8) is 0 Å². The van der Waals surface area contributed by atoms with Crippen LogP contribution in [0, 0.1) is 13.8 Å². The molecule has 5 nitrogen and oxygen atoms in total. The summed E-state index contributed by atoms with van der Waals surface area (Å²) < 4.78 is 5.68. The van der Waals surface area contributed by atoms with Crippen LogP contribution in [-0.4, -0.2) is 31.5 Å². The van der Waals surface area contributed by atoms with Gasteiger partial charge in [-0.2, -0.15) is 0 Å². The van der Waals surface area contributed by atoms with Gasteiger partial charge in [0.2, 0.25) is 5.91 Å². The molecule has 28 heavy (non-hydrogen) atoms. The number of aryl methyl sites for hydroxylation is 2. The number of hydrogen-bond acceptors (Lipinski definition) is 3. The maximum Gasteiger partial charge on any atom is 0.251 e. The Labute approximate surface area is 164 Å². The van der Waals surface area contributed by atoms with Crippen molar-refractivity contribution < 1.29 is 14.3 Å². The van der Waals surface area contributed by atoms with E-state index < -0.39 is 0 Å². The van der Waals surface area contributed by atoms with E-state index in [0.29, 0.717) is 18.7 Å². The van der Waals surface area contributed by atoms with Crippen LogP contribution < -0.4 is 15.4 Å². The highest BCUT2D eigenvalue weighted by Gasteiger charge is 2.09. The fraction of sp³-hybridized carbons (Fsp3) is 0.217. The normalized spacial score (nSPS) is 10.5. The van der Waals surface area contributed by atoms with Gasteiger partial charge in [-0.05, 0) is 48.9 Å². The van der Waals surface area contributed by atoms with Crippen LogP contribution in [0.5, 0.6) is 5.75 Å². The summed E-state index contributed by atoms with van der Waals surface area (Å²) in [5.41, 5.74) is 2.59. The van der Waals surface area contributed by atoms with Crippen LogP contribution in [0.1, 0.15) is 21.5 Å². The summed E-state index contributed by atoms with van der Waals surface area (Å²) in [6, 6.07) is 19.6. The van der Waals surface area contributed by atoms with Gasteiger partial charge < -0.3 is 15.4 Å². The molecule has 0 aromatic heterocycles. The second kappa shape index (κ2) is 9.04. The van der Waals surface area contributed by atoms with Crippen molar-refractivity contribution in [2.75, 3.05) is 19.7 Å². The Balaban J connectivity index is 1.39. The van der Waals surface area contributed by atoms with Gasteiger partial charge in [-0.1, -0.05) is 47.5 Å². The van der Waals surface area contributed by atoms with E-state index >= 15 is 0 Å². The van der Waals surface area contributed by atoms with Crippen molar-refractivity contribution in [2.24, 2.45) is 0 Å². The summed E-state index contributed by atoms with van der Waals surface area (Å²) in [7, 11) is 0. The number of hydrogen-bond donors (Lipinski definition) is 2. The van der Waals surface area contributed by atoms with Crippen LogP contribution in [-0.2, 0) is 4.79 Å². The first-order chi connectivity index (χ1) is 13.5. The van der Waals surface area contributed by atoms with Gasteiger partial charge in [0.25, 0.3) is 5.91 Å². The summed E-state index contributed by atoms with van der Waals surface area (Å²) >= 11 is 0. The highest BCUT2D eigenvalue weighted by Crippen LogP contribution is 2.20. The van der Waals surface area contributed by atoms with E-state index in [0.717, 1.165) is 27.6 Å². The second-order valence-electron chi connectivity index (χ2n) is 6.77. The van der Waals surface area contributed by atoms with E-state index in [2.05, 4.69) is 10.6 Å². The maximum atomic E-state index is 12.2. The lowest BCUT2D eigenvalue weighted by atomic mass is 10.1. The number of carbonyl (C=O) groups excluding carboxylic acids is 2. The molecule has 0 aliphatic heterocycles. The minimum absolute atomic E-state index is 0.0677. The average molecular weight is 376 g/mol. The Morgan fingerprint density at radius 3 is 2.32 bits per heavy atom. The minimum Gasteiger partial charge on any atom is -0.492 e. The summed E-state index contributed by atoms with van der Waals surface area (Å²) in [5.74, 6) is 0.255. The smallest absolute Gasteiger partial charge is 0.251 e. The number of amides is 2. The molecular weight excluding hydrogens is 352 g/mol. The van der Waals surface area contributed by atoms with E-state index in [1.165, 1.54) is 0 Å². The Hall–Kier alpha value is -3.34. The van der Waals surface area contributed by atoms with Crippen LogP contribution in [0.4, 0.5) is 0 Å². The van der Waals surface area contributed by atoms with Gasteiger partial charge in [-0.15, -0.1) is 0 Å². The van der Waals surface area contributed by atoms with Gasteiger partial charge in [0.15, 0.2) is 0 Å². The van der Waals surface area contributed by atoms with Crippen LogP contribution in [0.3, 0.4) is 0 Å². The standard InChI is InChI=1S/C23H24N2O3/c1-16-11-17(2)13-20(12-16)23(27)25-15-22(26)24-9-10-28-21-8-7-18-5-3-4-6-19(18)14-21/h3-8,11-14H,9-10,15H2,1-2H3,(H,24,26)(H,25,27). The van der Waals surface area contributed by atoms with Crippen LogP contribution in [0.25, 0.3) is 10.8 Å². The Bertz CT molecular complexity index is 978. The van der Waals surface area contributed by atoms with Crippen LogP contribution in [0.15, 0.2) is 60.7 Å². The zero-order valence-corrected chi connectivity index (χ0v) is 16.1. The molecule has 0 unspecified atom stereocenters. The molecule has 144 valence electrons. The number of carbonyl (C=O) groups is 2. The highest BCUT2D eigenvalue weighted by atomic mass is 16.5. The van der Waals surface area contributed by atoms with Crippen molar-refractivity contribution in [1.82, 2.24) is 10.6 Å². The Morgan fingerprint density at radius 2 is 1.57 bits per heavy atom. The largest absolute Gasteiger partial charge is 0.492 e. The summed E-state index contributed by atoms with van der Waals surface area (Å²) in [6.07, 6.45) is 0. The fourth-order valence-corrected chi connectivity index (χ4v) is 3.05. The number of fused-ring (bicyclic) bond motifs is 1. The molecule has 0 saturated heterocycles. The predicted molar refractivity (Wildman–Crippen MR) is 111 cm³/mol. The second-order valence-corrected chi connectivity index (χ2v) is 6.77. The SMILES string of the molecule is Cc1cc(C)cc(C(=O)NCC(=O)NCCOc2ccc3ccccc3c2)c1. The van der Waals surface area contributed by atoms with E-state index in [1.807, 2.05) is 62.4 Å². The third-order valence-corrected chi connectivity index (χ3v) is 4.31. The number of benzene rings is 3. The van der Waals surface area contributed by atoms with Gasteiger partial charge in [-0.25, -0.2) is 0 Å². The lowest BCUT2D eigenvalue weighted by Gasteiger charge is -2.10. The molecule has 0 radical (unpaired) electrons. The summed E-state index contributed by atoms with van der Waals surface area (Å²) in [5, 5.41) is 7.65. The fourth-order valence-electron chi connectivity index (χ4n) is 3.05. The average Bonchev–Trinajstić information content (AvgIpc) is 2.68. The predicted octanol–water partition coefficient (Wildman–Crippen LogP) is 3.38. The summed E-state index contributed by atoms with van der Waals surface area (Å²) in [6.45, 7) is 4.53. The zero-order chi connectivity index (χ0) is 19.9. The minimum atomic E-state index is -0.255. The zero-order valence-electron chi connectivity index (χ0n) is 16.1. The molecule has 0 saturated carbocycles. The molecule has 0 atom stereocenters. The first-order valence-electron chi connectivity index (χ1n) is 9.26. The molecule has 0 fully saturated rings. The Morgan fingerprint density at radius 1 is 0.857 bits per heavy atom. The third-order valence-electron chi connectivity index (χ3n) is 4.31. The van der Waals surface area contributed by atoms with Gasteiger partial charge >= 0.3 is 0 Å². The van der Waals surface area contributed by atoms with Gasteiger partial charge in [0.05, 0.1) is 13.1 Å². The molecule has 3 rings (SSSR count). The molecule has 3 aromatic rings. The molecular formula is C23H24N2O3. The molecule has 5 heteroatoms. The lowest BCUT2D eigenvalue weighted by molar-refractivity contribution is -0.120. The monoisotopic (exact) mass is 376 g/mol. The van der Waals surface area contributed by atoms with Crippen molar-refractivity contribution in [3.8, 4) is 5.75 Å². The van der Waals surface area contributed by atoms with Crippen molar-refractivity contribution in [2.45, 2.75) is 13.8 Å². The lowest BCUT2D eigenvalue weighted by Crippen LogP contribution is -2.38. The van der Waals surface area contributed by atoms with Crippen molar-refractivity contribution >= 4 is 22.6 Å². The number of ether oxygens (including phenoxy) is 1. The highest BCUT2D eigenvalue weighted by molar-refractivity contribution is 5.96. The molecule has 2 amide bonds. The molecule has 0 bridgehead atoms. The first kappa shape index (κ1) is 19.4. The van der Waals surface area contributed by atoms with E-state index in [-0.39, 0.29) is 18.4 Å². The molecule has 0 aliphatic carbocycles. The topological polar surface area (TPSA) is 67.4 Å². The van der Waals surface area contributed by atoms with Gasteiger partial charge in [-0.3, -0.25) is 9.59 Å². The van der Waals surface area contributed by atoms with Crippen LogP contribution >= 0.6 is 0 Å². The molecule has 3 aromatic carbocycles. The summed E-state index contributed by atoms with van der Waals surface area (Å²) in [4.78, 5) is 24.1. The molecule has 0 spiro atoms. The first-order valence-corrected chi connectivity index (χ1v) is 9.26. The quantitative estimate of drug-likeness (QED) is 0.621.